The Morgan fingerprint density at radius 1 is 1.30 bits per heavy atom. The van der Waals surface area contributed by atoms with Gasteiger partial charge in [0, 0.05) is 23.1 Å². The summed E-state index contributed by atoms with van der Waals surface area (Å²) in [5, 5.41) is 14.5. The molecule has 0 aliphatic carbocycles. The molecule has 0 bridgehead atoms. The van der Waals surface area contributed by atoms with Gasteiger partial charge in [0.1, 0.15) is 5.69 Å². The van der Waals surface area contributed by atoms with Crippen LogP contribution >= 0.6 is 11.6 Å². The van der Waals surface area contributed by atoms with Crippen molar-refractivity contribution < 1.29 is 9.53 Å². The number of carbonyl (C=O) groups is 1. The summed E-state index contributed by atoms with van der Waals surface area (Å²) in [6.45, 7) is 3.98. The first kappa shape index (κ1) is 18.4. The van der Waals surface area contributed by atoms with Gasteiger partial charge in [-0.05, 0) is 29.7 Å². The fourth-order valence-corrected chi connectivity index (χ4v) is 2.91. The lowest BCUT2D eigenvalue weighted by Gasteiger charge is -2.13. The number of halogens is 1. The third-order valence-corrected chi connectivity index (χ3v) is 4.36. The SMILES string of the molecule is C=C(C#N)CNc1c(Cl)ccc2ccc(-c3cccc(C(=O)OC)n3)cc12. The normalized spacial score (nSPS) is 10.3. The molecule has 0 unspecified atom stereocenters. The predicted octanol–water partition coefficient (Wildman–Crippen LogP) is 4.83. The summed E-state index contributed by atoms with van der Waals surface area (Å²) >= 11 is 6.36. The van der Waals surface area contributed by atoms with Crippen molar-refractivity contribution in [3.05, 3.63) is 71.4 Å². The zero-order valence-corrected chi connectivity index (χ0v) is 15.4. The molecule has 0 amide bonds. The van der Waals surface area contributed by atoms with Crippen molar-refractivity contribution in [3.8, 4) is 17.3 Å². The van der Waals surface area contributed by atoms with Crippen LogP contribution in [0.5, 0.6) is 0 Å². The fraction of sp³-hybridized carbons (Fsp3) is 0.0952. The predicted molar refractivity (Wildman–Crippen MR) is 107 cm³/mol. The number of benzene rings is 2. The molecule has 6 heteroatoms. The summed E-state index contributed by atoms with van der Waals surface area (Å²) in [5.74, 6) is -0.488. The first-order valence-corrected chi connectivity index (χ1v) is 8.51. The van der Waals surface area contributed by atoms with E-state index in [1.807, 2.05) is 36.4 Å². The molecule has 0 aliphatic heterocycles. The molecule has 0 fully saturated rings. The number of rotatable bonds is 5. The first-order chi connectivity index (χ1) is 13.0. The van der Waals surface area contributed by atoms with Crippen LogP contribution in [-0.4, -0.2) is 24.6 Å². The van der Waals surface area contributed by atoms with Crippen LogP contribution in [0.1, 0.15) is 10.5 Å². The molecular formula is C21H16ClN3O2. The van der Waals surface area contributed by atoms with Crippen LogP contribution in [0.3, 0.4) is 0 Å². The van der Waals surface area contributed by atoms with Gasteiger partial charge in [-0.1, -0.05) is 42.4 Å². The number of methoxy groups -OCH3 is 1. The second kappa shape index (κ2) is 7.90. The largest absolute Gasteiger partial charge is 0.464 e. The molecule has 3 rings (SSSR count). The third kappa shape index (κ3) is 3.91. The molecule has 5 nitrogen and oxygen atoms in total. The number of anilines is 1. The fourth-order valence-electron chi connectivity index (χ4n) is 2.68. The Kier molecular flexibility index (Phi) is 5.39. The monoisotopic (exact) mass is 377 g/mol. The lowest BCUT2D eigenvalue weighted by molar-refractivity contribution is 0.0594. The Labute approximate surface area is 161 Å². The highest BCUT2D eigenvalue weighted by molar-refractivity contribution is 6.35. The number of carbonyl (C=O) groups excluding carboxylic acids is 1. The van der Waals surface area contributed by atoms with Gasteiger partial charge in [-0.2, -0.15) is 5.26 Å². The standard InChI is InChI=1S/C21H16ClN3O2/c1-13(11-23)12-24-20-16-10-15(7-6-14(16)8-9-17(20)22)18-4-3-5-19(25-18)21(26)27-2/h3-10,24H,1,12H2,2H3. The smallest absolute Gasteiger partial charge is 0.356 e. The molecule has 0 spiro atoms. The van der Waals surface area contributed by atoms with E-state index in [0.717, 1.165) is 22.0 Å². The van der Waals surface area contributed by atoms with Gasteiger partial charge < -0.3 is 10.1 Å². The van der Waals surface area contributed by atoms with Gasteiger partial charge in [0.15, 0.2) is 0 Å². The molecule has 2 aromatic carbocycles. The van der Waals surface area contributed by atoms with Crippen LogP contribution in [0.4, 0.5) is 5.69 Å². The maximum absolute atomic E-state index is 11.7. The van der Waals surface area contributed by atoms with E-state index in [9.17, 15) is 4.79 Å². The zero-order chi connectivity index (χ0) is 19.4. The van der Waals surface area contributed by atoms with Crippen LogP contribution in [-0.2, 0) is 4.74 Å². The maximum atomic E-state index is 11.7. The van der Waals surface area contributed by atoms with Crippen molar-refractivity contribution in [2.75, 3.05) is 19.0 Å². The lowest BCUT2D eigenvalue weighted by atomic mass is 10.0. The Morgan fingerprint density at radius 3 is 2.81 bits per heavy atom. The third-order valence-electron chi connectivity index (χ3n) is 4.05. The first-order valence-electron chi connectivity index (χ1n) is 8.13. The second-order valence-corrected chi connectivity index (χ2v) is 6.23. The number of ether oxygens (including phenoxy) is 1. The van der Waals surface area contributed by atoms with Crippen LogP contribution in [0.15, 0.2) is 60.7 Å². The lowest BCUT2D eigenvalue weighted by Crippen LogP contribution is -2.05. The van der Waals surface area contributed by atoms with Crippen LogP contribution in [0.25, 0.3) is 22.0 Å². The van der Waals surface area contributed by atoms with Gasteiger partial charge in [0.25, 0.3) is 0 Å². The van der Waals surface area contributed by atoms with Crippen molar-refractivity contribution in [1.82, 2.24) is 4.98 Å². The highest BCUT2D eigenvalue weighted by atomic mass is 35.5. The van der Waals surface area contributed by atoms with Crippen molar-refractivity contribution in [1.29, 1.82) is 5.26 Å². The van der Waals surface area contributed by atoms with Crippen LogP contribution in [0, 0.1) is 11.3 Å². The van der Waals surface area contributed by atoms with E-state index in [2.05, 4.69) is 16.9 Å². The average Bonchev–Trinajstić information content (AvgIpc) is 2.71. The molecule has 3 aromatic rings. The minimum Gasteiger partial charge on any atom is -0.464 e. The van der Waals surface area contributed by atoms with E-state index in [1.54, 1.807) is 18.2 Å². The minimum absolute atomic E-state index is 0.241. The van der Waals surface area contributed by atoms with Gasteiger partial charge in [0.2, 0.25) is 0 Å². The van der Waals surface area contributed by atoms with E-state index in [0.29, 0.717) is 22.8 Å². The summed E-state index contributed by atoms with van der Waals surface area (Å²) in [5.41, 5.74) is 2.85. The number of aromatic nitrogens is 1. The highest BCUT2D eigenvalue weighted by Gasteiger charge is 2.11. The van der Waals surface area contributed by atoms with Gasteiger partial charge in [0.05, 0.1) is 29.6 Å². The number of hydrogen-bond donors (Lipinski definition) is 1. The number of fused-ring (bicyclic) bond motifs is 1. The quantitative estimate of drug-likeness (QED) is 0.509. The summed E-state index contributed by atoms with van der Waals surface area (Å²) in [4.78, 5) is 16.1. The highest BCUT2D eigenvalue weighted by Crippen LogP contribution is 2.34. The van der Waals surface area contributed by atoms with E-state index < -0.39 is 5.97 Å². The number of nitrogens with zero attached hydrogens (tertiary/aromatic N) is 2. The Bertz CT molecular complexity index is 1090. The average molecular weight is 378 g/mol. The molecule has 134 valence electrons. The summed E-state index contributed by atoms with van der Waals surface area (Å²) in [6.07, 6.45) is 0. The molecule has 1 N–H and O–H groups in total. The second-order valence-electron chi connectivity index (χ2n) is 5.83. The minimum atomic E-state index is -0.488. The molecule has 0 atom stereocenters. The number of hydrogen-bond acceptors (Lipinski definition) is 5. The van der Waals surface area contributed by atoms with E-state index >= 15 is 0 Å². The zero-order valence-electron chi connectivity index (χ0n) is 14.6. The van der Waals surface area contributed by atoms with Crippen molar-refractivity contribution in [2.24, 2.45) is 0 Å². The van der Waals surface area contributed by atoms with Crippen molar-refractivity contribution in [3.63, 3.8) is 0 Å². The van der Waals surface area contributed by atoms with Crippen LogP contribution in [0.2, 0.25) is 5.02 Å². The maximum Gasteiger partial charge on any atom is 0.356 e. The summed E-state index contributed by atoms with van der Waals surface area (Å²) < 4.78 is 4.73. The Hall–Kier alpha value is -3.36. The van der Waals surface area contributed by atoms with Gasteiger partial charge in [-0.3, -0.25) is 0 Å². The number of nitrogens with one attached hydrogen (secondary N) is 1. The topological polar surface area (TPSA) is 75.0 Å². The molecule has 1 heterocycles. The van der Waals surface area contributed by atoms with Crippen molar-refractivity contribution in [2.45, 2.75) is 0 Å². The Morgan fingerprint density at radius 2 is 2.07 bits per heavy atom. The summed E-state index contributed by atoms with van der Waals surface area (Å²) in [7, 11) is 1.32. The molecule has 27 heavy (non-hydrogen) atoms. The van der Waals surface area contributed by atoms with Gasteiger partial charge in [-0.25, -0.2) is 9.78 Å². The number of pyridine rings is 1. The van der Waals surface area contributed by atoms with E-state index in [-0.39, 0.29) is 5.69 Å². The van der Waals surface area contributed by atoms with E-state index in [1.165, 1.54) is 7.11 Å². The molecule has 0 saturated carbocycles. The molecule has 0 saturated heterocycles. The molecule has 1 aromatic heterocycles. The number of nitriles is 1. The molecule has 0 radical (unpaired) electrons. The van der Waals surface area contributed by atoms with Gasteiger partial charge >= 0.3 is 5.97 Å². The molecule has 0 aliphatic rings. The van der Waals surface area contributed by atoms with Gasteiger partial charge in [-0.15, -0.1) is 0 Å². The van der Waals surface area contributed by atoms with Crippen molar-refractivity contribution >= 4 is 34.0 Å². The van der Waals surface area contributed by atoms with E-state index in [4.69, 9.17) is 21.6 Å². The number of esters is 1. The Balaban J connectivity index is 2.08. The summed E-state index contributed by atoms with van der Waals surface area (Å²) in [6, 6.07) is 16.7. The molecular weight excluding hydrogens is 362 g/mol. The van der Waals surface area contributed by atoms with Crippen LogP contribution < -0.4 is 5.32 Å².